The Morgan fingerprint density at radius 1 is 1.21 bits per heavy atom. The number of azo groups is 1. The molecule has 0 aliphatic heterocycles. The van der Waals surface area contributed by atoms with Crippen LogP contribution >= 0.6 is 11.6 Å². The van der Waals surface area contributed by atoms with Crippen LogP contribution in [0.3, 0.4) is 0 Å². The molecule has 1 unspecified atom stereocenters. The van der Waals surface area contributed by atoms with Gasteiger partial charge in [0, 0.05) is 10.6 Å². The van der Waals surface area contributed by atoms with Gasteiger partial charge >= 0.3 is 5.97 Å². The van der Waals surface area contributed by atoms with E-state index in [0.29, 0.717) is 10.6 Å². The van der Waals surface area contributed by atoms with E-state index in [-0.39, 0.29) is 23.6 Å². The zero-order chi connectivity index (χ0) is 17.5. The molecule has 0 radical (unpaired) electrons. The predicted octanol–water partition coefficient (Wildman–Crippen LogP) is 3.50. The highest BCUT2D eigenvalue weighted by molar-refractivity contribution is 6.31. The average molecular weight is 346 g/mol. The van der Waals surface area contributed by atoms with Crippen LogP contribution in [-0.4, -0.2) is 24.5 Å². The van der Waals surface area contributed by atoms with Gasteiger partial charge in [0.1, 0.15) is 0 Å². The Balaban J connectivity index is 2.31. The molecular formula is C17H16ClN3O3. The van der Waals surface area contributed by atoms with Crippen LogP contribution in [0.2, 0.25) is 5.02 Å². The lowest BCUT2D eigenvalue weighted by Gasteiger charge is -2.07. The lowest BCUT2D eigenvalue weighted by Crippen LogP contribution is -2.29. The fourth-order valence-corrected chi connectivity index (χ4v) is 2.09. The second-order valence-corrected chi connectivity index (χ2v) is 5.21. The van der Waals surface area contributed by atoms with Crippen LogP contribution in [0.1, 0.15) is 22.8 Å². The number of hydrogen-bond donors (Lipinski definition) is 1. The number of esters is 1. The number of ether oxygens (including phenoxy) is 1. The summed E-state index contributed by atoms with van der Waals surface area (Å²) >= 11 is 5.98. The van der Waals surface area contributed by atoms with Crippen LogP contribution in [0.15, 0.2) is 58.8 Å². The summed E-state index contributed by atoms with van der Waals surface area (Å²) in [4.78, 5) is 24.1. The molecule has 0 fully saturated rings. The summed E-state index contributed by atoms with van der Waals surface area (Å²) in [6, 6.07) is 13.3. The molecule has 6 nitrogen and oxygen atoms in total. The van der Waals surface area contributed by atoms with E-state index in [9.17, 15) is 9.59 Å². The normalized spacial score (nSPS) is 12.1. The second kappa shape index (κ2) is 8.33. The first-order chi connectivity index (χ1) is 11.5. The maximum atomic E-state index is 12.6. The molecule has 2 rings (SSSR count). The highest BCUT2D eigenvalue weighted by atomic mass is 35.5. The fourth-order valence-electron chi connectivity index (χ4n) is 1.92. The standard InChI is InChI=1S/C17H16ClN3O3/c1-2-24-17(23)16(19)21-20-14-9-8-12(18)10-13(14)15(22)11-6-4-3-5-7-11/h3-10,16H,2,19H2,1H3. The van der Waals surface area contributed by atoms with Gasteiger partial charge in [0.2, 0.25) is 6.17 Å². The van der Waals surface area contributed by atoms with Crippen molar-refractivity contribution in [3.63, 3.8) is 0 Å². The van der Waals surface area contributed by atoms with Crippen molar-refractivity contribution in [3.8, 4) is 0 Å². The van der Waals surface area contributed by atoms with Crippen molar-refractivity contribution in [2.75, 3.05) is 6.61 Å². The van der Waals surface area contributed by atoms with Crippen LogP contribution in [-0.2, 0) is 9.53 Å². The van der Waals surface area contributed by atoms with Gasteiger partial charge in [0.15, 0.2) is 5.78 Å². The first kappa shape index (κ1) is 17.8. The zero-order valence-corrected chi connectivity index (χ0v) is 13.7. The van der Waals surface area contributed by atoms with Gasteiger partial charge in [0.05, 0.1) is 17.9 Å². The molecule has 24 heavy (non-hydrogen) atoms. The maximum absolute atomic E-state index is 12.6. The van der Waals surface area contributed by atoms with Crippen LogP contribution in [0, 0.1) is 0 Å². The second-order valence-electron chi connectivity index (χ2n) is 4.77. The summed E-state index contributed by atoms with van der Waals surface area (Å²) in [5.74, 6) is -0.942. The summed E-state index contributed by atoms with van der Waals surface area (Å²) in [7, 11) is 0. The lowest BCUT2D eigenvalue weighted by molar-refractivity contribution is -0.144. The summed E-state index contributed by atoms with van der Waals surface area (Å²) in [5.41, 5.74) is 6.61. The van der Waals surface area contributed by atoms with E-state index in [1.807, 2.05) is 6.07 Å². The van der Waals surface area contributed by atoms with Gasteiger partial charge in [-0.05, 0) is 25.1 Å². The molecule has 0 aliphatic carbocycles. The molecule has 1 atom stereocenters. The highest BCUT2D eigenvalue weighted by Crippen LogP contribution is 2.26. The number of nitrogens with zero attached hydrogens (tertiary/aromatic N) is 2. The van der Waals surface area contributed by atoms with Gasteiger partial charge < -0.3 is 4.74 Å². The Morgan fingerprint density at radius 3 is 2.58 bits per heavy atom. The molecule has 0 aromatic heterocycles. The molecule has 2 aromatic rings. The molecule has 0 bridgehead atoms. The number of ketones is 1. The highest BCUT2D eigenvalue weighted by Gasteiger charge is 2.16. The Morgan fingerprint density at radius 2 is 1.92 bits per heavy atom. The number of carbonyl (C=O) groups is 2. The van der Waals surface area contributed by atoms with E-state index in [4.69, 9.17) is 22.1 Å². The first-order valence-corrected chi connectivity index (χ1v) is 7.63. The van der Waals surface area contributed by atoms with E-state index in [0.717, 1.165) is 0 Å². The van der Waals surface area contributed by atoms with Crippen molar-refractivity contribution in [2.45, 2.75) is 13.1 Å². The molecule has 2 aromatic carbocycles. The SMILES string of the molecule is CCOC(=O)C(N)N=Nc1ccc(Cl)cc1C(=O)c1ccccc1. The van der Waals surface area contributed by atoms with Crippen LogP contribution in [0.5, 0.6) is 0 Å². The molecular weight excluding hydrogens is 330 g/mol. The molecule has 0 heterocycles. The minimum Gasteiger partial charge on any atom is -0.463 e. The Bertz CT molecular complexity index is 763. The number of hydrogen-bond acceptors (Lipinski definition) is 6. The summed E-state index contributed by atoms with van der Waals surface area (Å²) in [6.07, 6.45) is -1.25. The Hall–Kier alpha value is -2.57. The smallest absolute Gasteiger partial charge is 0.347 e. The minimum atomic E-state index is -1.25. The third-order valence-electron chi connectivity index (χ3n) is 3.06. The van der Waals surface area contributed by atoms with Gasteiger partial charge in [-0.3, -0.25) is 10.5 Å². The number of halogens is 1. The quantitative estimate of drug-likeness (QED) is 0.492. The number of benzene rings is 2. The predicted molar refractivity (Wildman–Crippen MR) is 90.5 cm³/mol. The largest absolute Gasteiger partial charge is 0.463 e. The number of rotatable bonds is 6. The molecule has 0 spiro atoms. The van der Waals surface area contributed by atoms with Crippen LogP contribution < -0.4 is 5.73 Å². The zero-order valence-electron chi connectivity index (χ0n) is 13.0. The molecule has 7 heteroatoms. The lowest BCUT2D eigenvalue weighted by atomic mass is 10.0. The van der Waals surface area contributed by atoms with E-state index < -0.39 is 12.1 Å². The molecule has 2 N–H and O–H groups in total. The van der Waals surface area contributed by atoms with Crippen molar-refractivity contribution in [1.82, 2.24) is 0 Å². The topological polar surface area (TPSA) is 94.1 Å². The van der Waals surface area contributed by atoms with Crippen molar-refractivity contribution in [2.24, 2.45) is 16.0 Å². The van der Waals surface area contributed by atoms with E-state index >= 15 is 0 Å². The van der Waals surface area contributed by atoms with Gasteiger partial charge in [-0.25, -0.2) is 4.79 Å². The Kier molecular flexibility index (Phi) is 6.17. The minimum absolute atomic E-state index is 0.195. The van der Waals surface area contributed by atoms with Gasteiger partial charge in [-0.1, -0.05) is 41.9 Å². The average Bonchev–Trinajstić information content (AvgIpc) is 2.60. The van der Waals surface area contributed by atoms with Crippen molar-refractivity contribution >= 4 is 29.0 Å². The van der Waals surface area contributed by atoms with Crippen LogP contribution in [0.25, 0.3) is 0 Å². The summed E-state index contributed by atoms with van der Waals surface area (Å²) in [6.45, 7) is 1.86. The third kappa shape index (κ3) is 4.47. The fraction of sp³-hybridized carbons (Fsp3) is 0.176. The summed E-state index contributed by atoms with van der Waals surface area (Å²) in [5, 5.41) is 8.02. The van der Waals surface area contributed by atoms with Gasteiger partial charge in [0.25, 0.3) is 0 Å². The van der Waals surface area contributed by atoms with Gasteiger partial charge in [-0.2, -0.15) is 10.2 Å². The van der Waals surface area contributed by atoms with E-state index in [1.54, 1.807) is 43.3 Å². The number of nitrogens with two attached hydrogens (primary N) is 1. The molecule has 0 aliphatic rings. The number of carbonyl (C=O) groups excluding carboxylic acids is 2. The Labute approximate surface area is 144 Å². The molecule has 0 saturated heterocycles. The van der Waals surface area contributed by atoms with Crippen molar-refractivity contribution in [1.29, 1.82) is 0 Å². The monoisotopic (exact) mass is 345 g/mol. The van der Waals surface area contributed by atoms with Gasteiger partial charge in [-0.15, -0.1) is 0 Å². The van der Waals surface area contributed by atoms with Crippen molar-refractivity contribution < 1.29 is 14.3 Å². The molecule has 0 saturated carbocycles. The third-order valence-corrected chi connectivity index (χ3v) is 3.29. The molecule has 124 valence electrons. The van der Waals surface area contributed by atoms with E-state index in [1.165, 1.54) is 6.07 Å². The van der Waals surface area contributed by atoms with Crippen LogP contribution in [0.4, 0.5) is 5.69 Å². The molecule has 0 amide bonds. The van der Waals surface area contributed by atoms with Crippen molar-refractivity contribution in [3.05, 3.63) is 64.7 Å². The maximum Gasteiger partial charge on any atom is 0.347 e. The van der Waals surface area contributed by atoms with E-state index in [2.05, 4.69) is 10.2 Å². The first-order valence-electron chi connectivity index (χ1n) is 7.25. The summed E-state index contributed by atoms with van der Waals surface area (Å²) < 4.78 is 4.75.